The molecule has 0 bridgehead atoms. The van der Waals surface area contributed by atoms with Crippen LogP contribution in [-0.4, -0.2) is 0 Å². The van der Waals surface area contributed by atoms with Crippen molar-refractivity contribution in [1.82, 2.24) is 0 Å². The summed E-state index contributed by atoms with van der Waals surface area (Å²) < 4.78 is 37.5. The summed E-state index contributed by atoms with van der Waals surface area (Å²) in [5.74, 6) is 1.42. The molecule has 0 spiro atoms. The van der Waals surface area contributed by atoms with Crippen LogP contribution in [0.5, 0.6) is 0 Å². The predicted octanol–water partition coefficient (Wildman–Crippen LogP) is 5.50. The van der Waals surface area contributed by atoms with E-state index in [4.69, 9.17) is 0 Å². The molecule has 0 amide bonds. The minimum atomic E-state index is -4.27. The van der Waals surface area contributed by atoms with Gasteiger partial charge in [0.15, 0.2) is 0 Å². The second kappa shape index (κ2) is 4.65. The third-order valence-corrected chi connectivity index (χ3v) is 3.99. The first-order valence-electron chi connectivity index (χ1n) is 6.73. The Bertz CT molecular complexity index is 594. The Hall–Kier alpha value is -1.77. The quantitative estimate of drug-likeness (QED) is 0.679. The molecule has 0 radical (unpaired) electrons. The van der Waals surface area contributed by atoms with Gasteiger partial charge >= 0.3 is 6.18 Å². The zero-order valence-electron chi connectivity index (χ0n) is 11.1. The predicted molar refractivity (Wildman–Crippen MR) is 73.4 cm³/mol. The van der Waals surface area contributed by atoms with Gasteiger partial charge in [0.05, 0.1) is 5.56 Å². The fourth-order valence-electron chi connectivity index (χ4n) is 2.56. The van der Waals surface area contributed by atoms with Crippen LogP contribution < -0.4 is 0 Å². The zero-order valence-corrected chi connectivity index (χ0v) is 11.1. The molecular formula is C17H15F3. The Morgan fingerprint density at radius 1 is 0.850 bits per heavy atom. The molecule has 0 unspecified atom stereocenters. The van der Waals surface area contributed by atoms with Crippen LogP contribution in [-0.2, 0) is 6.18 Å². The molecule has 1 aliphatic carbocycles. The van der Waals surface area contributed by atoms with Crippen LogP contribution in [0.1, 0.15) is 30.4 Å². The van der Waals surface area contributed by atoms with Crippen LogP contribution in [0.4, 0.5) is 13.2 Å². The first kappa shape index (κ1) is 13.2. The molecule has 0 N–H and O–H groups in total. The topological polar surface area (TPSA) is 0 Å². The summed E-state index contributed by atoms with van der Waals surface area (Å²) in [6, 6.07) is 13.5. The molecule has 1 saturated carbocycles. The molecular weight excluding hydrogens is 261 g/mol. The lowest BCUT2D eigenvalue weighted by molar-refractivity contribution is -0.137. The van der Waals surface area contributed by atoms with E-state index >= 15 is 0 Å². The monoisotopic (exact) mass is 276 g/mol. The summed E-state index contributed by atoms with van der Waals surface area (Å²) in [4.78, 5) is 0. The standard InChI is InChI=1S/C17H15F3/c1-11-10-16(11)14-4-2-12(3-5-14)13-6-8-15(9-7-13)17(18,19)20/h2-9,11,16H,10H2,1H3/t11-,16-/m1/s1. The van der Waals surface area contributed by atoms with Crippen LogP contribution in [0.25, 0.3) is 11.1 Å². The third kappa shape index (κ3) is 2.58. The van der Waals surface area contributed by atoms with Gasteiger partial charge in [0.25, 0.3) is 0 Å². The van der Waals surface area contributed by atoms with E-state index in [0.717, 1.165) is 29.2 Å². The van der Waals surface area contributed by atoms with Crippen molar-refractivity contribution in [3.63, 3.8) is 0 Å². The zero-order chi connectivity index (χ0) is 14.3. The molecule has 104 valence electrons. The normalized spacial score (nSPS) is 21.8. The van der Waals surface area contributed by atoms with Crippen molar-refractivity contribution in [2.24, 2.45) is 5.92 Å². The largest absolute Gasteiger partial charge is 0.416 e. The number of alkyl halides is 3. The summed E-state index contributed by atoms with van der Waals surface area (Å²) in [5.41, 5.74) is 2.49. The van der Waals surface area contributed by atoms with Gasteiger partial charge in [-0.05, 0) is 47.1 Å². The lowest BCUT2D eigenvalue weighted by Crippen LogP contribution is -2.03. The smallest absolute Gasteiger partial charge is 0.166 e. The second-order valence-corrected chi connectivity index (χ2v) is 5.52. The van der Waals surface area contributed by atoms with Crippen LogP contribution in [0.3, 0.4) is 0 Å². The maximum Gasteiger partial charge on any atom is 0.416 e. The molecule has 0 heterocycles. The number of benzene rings is 2. The van der Waals surface area contributed by atoms with Crippen LogP contribution in [0.15, 0.2) is 48.5 Å². The lowest BCUT2D eigenvalue weighted by atomic mass is 10.0. The molecule has 0 aliphatic heterocycles. The Kier molecular flexibility index (Phi) is 3.08. The Labute approximate surface area is 116 Å². The molecule has 3 heteroatoms. The Balaban J connectivity index is 1.82. The Morgan fingerprint density at radius 2 is 1.30 bits per heavy atom. The maximum atomic E-state index is 12.5. The first-order valence-corrected chi connectivity index (χ1v) is 6.73. The minimum absolute atomic E-state index is 0.607. The van der Waals surface area contributed by atoms with Gasteiger partial charge in [-0.3, -0.25) is 0 Å². The molecule has 1 fully saturated rings. The summed E-state index contributed by atoms with van der Waals surface area (Å²) in [6.07, 6.45) is -3.04. The average Bonchev–Trinajstić information content (AvgIpc) is 3.15. The molecule has 0 aromatic heterocycles. The van der Waals surface area contributed by atoms with Gasteiger partial charge < -0.3 is 0 Å². The van der Waals surface area contributed by atoms with Crippen molar-refractivity contribution < 1.29 is 13.2 Å². The summed E-state index contributed by atoms with van der Waals surface area (Å²) in [5, 5.41) is 0. The molecule has 1 aliphatic rings. The summed E-state index contributed by atoms with van der Waals surface area (Å²) >= 11 is 0. The van der Waals surface area contributed by atoms with Gasteiger partial charge in [-0.1, -0.05) is 43.3 Å². The number of hydrogen-bond donors (Lipinski definition) is 0. The summed E-state index contributed by atoms with van der Waals surface area (Å²) in [7, 11) is 0. The van der Waals surface area contributed by atoms with Gasteiger partial charge in [0.1, 0.15) is 0 Å². The van der Waals surface area contributed by atoms with Crippen molar-refractivity contribution >= 4 is 0 Å². The van der Waals surface area contributed by atoms with Gasteiger partial charge in [0.2, 0.25) is 0 Å². The molecule has 20 heavy (non-hydrogen) atoms. The van der Waals surface area contributed by atoms with Gasteiger partial charge in [0, 0.05) is 0 Å². The molecule has 2 atom stereocenters. The van der Waals surface area contributed by atoms with E-state index in [1.165, 1.54) is 24.1 Å². The number of hydrogen-bond acceptors (Lipinski definition) is 0. The third-order valence-electron chi connectivity index (χ3n) is 3.99. The lowest BCUT2D eigenvalue weighted by Gasteiger charge is -2.08. The van der Waals surface area contributed by atoms with Crippen molar-refractivity contribution in [1.29, 1.82) is 0 Å². The SMILES string of the molecule is C[C@@H]1C[C@H]1c1ccc(-c2ccc(C(F)(F)F)cc2)cc1. The summed E-state index contributed by atoms with van der Waals surface area (Å²) in [6.45, 7) is 2.23. The van der Waals surface area contributed by atoms with E-state index < -0.39 is 11.7 Å². The minimum Gasteiger partial charge on any atom is -0.166 e. The highest BCUT2D eigenvalue weighted by atomic mass is 19.4. The van der Waals surface area contributed by atoms with E-state index in [1.54, 1.807) is 0 Å². The van der Waals surface area contributed by atoms with E-state index in [1.807, 2.05) is 12.1 Å². The van der Waals surface area contributed by atoms with Gasteiger partial charge in [-0.25, -0.2) is 0 Å². The van der Waals surface area contributed by atoms with E-state index in [-0.39, 0.29) is 0 Å². The number of rotatable bonds is 2. The Morgan fingerprint density at radius 3 is 1.70 bits per heavy atom. The highest BCUT2D eigenvalue weighted by Gasteiger charge is 2.33. The van der Waals surface area contributed by atoms with Crippen LogP contribution in [0.2, 0.25) is 0 Å². The second-order valence-electron chi connectivity index (χ2n) is 5.52. The van der Waals surface area contributed by atoms with Crippen LogP contribution >= 0.6 is 0 Å². The van der Waals surface area contributed by atoms with Crippen molar-refractivity contribution in [2.75, 3.05) is 0 Å². The molecule has 2 aromatic carbocycles. The van der Waals surface area contributed by atoms with Crippen molar-refractivity contribution in [3.8, 4) is 11.1 Å². The molecule has 0 saturated heterocycles. The van der Waals surface area contributed by atoms with Gasteiger partial charge in [-0.2, -0.15) is 13.2 Å². The fraction of sp³-hybridized carbons (Fsp3) is 0.294. The van der Waals surface area contributed by atoms with Gasteiger partial charge in [-0.15, -0.1) is 0 Å². The van der Waals surface area contributed by atoms with Crippen molar-refractivity contribution in [3.05, 3.63) is 59.7 Å². The number of halogens is 3. The first-order chi connectivity index (χ1) is 9.45. The molecule has 2 aromatic rings. The highest BCUT2D eigenvalue weighted by Crippen LogP contribution is 2.47. The highest BCUT2D eigenvalue weighted by molar-refractivity contribution is 5.64. The van der Waals surface area contributed by atoms with Crippen LogP contribution in [0, 0.1) is 5.92 Å². The van der Waals surface area contributed by atoms with Crippen molar-refractivity contribution in [2.45, 2.75) is 25.4 Å². The van der Waals surface area contributed by atoms with E-state index in [9.17, 15) is 13.2 Å². The molecule has 3 rings (SSSR count). The average molecular weight is 276 g/mol. The van der Waals surface area contributed by atoms with E-state index in [2.05, 4.69) is 19.1 Å². The molecule has 0 nitrogen and oxygen atoms in total. The van der Waals surface area contributed by atoms with E-state index in [0.29, 0.717) is 5.92 Å². The maximum absolute atomic E-state index is 12.5. The fourth-order valence-corrected chi connectivity index (χ4v) is 2.56.